The van der Waals surface area contributed by atoms with Gasteiger partial charge in [-0.25, -0.2) is 4.98 Å². The van der Waals surface area contributed by atoms with E-state index in [4.69, 9.17) is 0 Å². The second-order valence-corrected chi connectivity index (χ2v) is 5.70. The number of benzene rings is 1. The maximum atomic E-state index is 11.8. The van der Waals surface area contributed by atoms with Crippen molar-refractivity contribution in [3.8, 4) is 11.4 Å². The van der Waals surface area contributed by atoms with E-state index in [0.717, 1.165) is 10.0 Å². The van der Waals surface area contributed by atoms with Gasteiger partial charge in [-0.3, -0.25) is 9.89 Å². The third-order valence-electron chi connectivity index (χ3n) is 3.02. The molecule has 3 N–H and O–H groups in total. The van der Waals surface area contributed by atoms with Gasteiger partial charge < -0.3 is 10.6 Å². The van der Waals surface area contributed by atoms with Gasteiger partial charge in [0, 0.05) is 22.5 Å². The summed E-state index contributed by atoms with van der Waals surface area (Å²) in [5.74, 6) is 1.17. The summed E-state index contributed by atoms with van der Waals surface area (Å²) in [6.07, 6.45) is 0. The van der Waals surface area contributed by atoms with Gasteiger partial charge >= 0.3 is 0 Å². The van der Waals surface area contributed by atoms with Crippen LogP contribution in [0.25, 0.3) is 11.4 Å². The standard InChI is InChI=1S/C14H18BrN5O.ClH/c1-9(7-16-2)14(21)17-8-12-18-13(20-19-12)10-3-5-11(15)6-4-10;/h3-6,9,16H,7-8H2,1-2H3,(H,17,21)(H,18,19,20);1H. The van der Waals surface area contributed by atoms with Gasteiger partial charge in [-0.1, -0.05) is 35.0 Å². The minimum Gasteiger partial charge on any atom is -0.349 e. The van der Waals surface area contributed by atoms with E-state index < -0.39 is 0 Å². The lowest BCUT2D eigenvalue weighted by Gasteiger charge is -2.10. The van der Waals surface area contributed by atoms with E-state index in [1.807, 2.05) is 38.2 Å². The Morgan fingerprint density at radius 2 is 2.05 bits per heavy atom. The first-order valence-corrected chi connectivity index (χ1v) is 7.49. The predicted molar refractivity (Wildman–Crippen MR) is 91.7 cm³/mol. The highest BCUT2D eigenvalue weighted by molar-refractivity contribution is 9.10. The normalized spacial score (nSPS) is 11.6. The van der Waals surface area contributed by atoms with Crippen LogP contribution in [0.15, 0.2) is 28.7 Å². The Labute approximate surface area is 144 Å². The Morgan fingerprint density at radius 1 is 1.36 bits per heavy atom. The van der Waals surface area contributed by atoms with Crippen LogP contribution in [0.2, 0.25) is 0 Å². The number of amides is 1. The van der Waals surface area contributed by atoms with E-state index in [0.29, 0.717) is 24.7 Å². The number of nitrogens with one attached hydrogen (secondary N) is 3. The number of halogens is 2. The summed E-state index contributed by atoms with van der Waals surface area (Å²) in [7, 11) is 1.82. The zero-order valence-electron chi connectivity index (χ0n) is 12.4. The zero-order valence-corrected chi connectivity index (χ0v) is 14.8. The molecule has 0 spiro atoms. The summed E-state index contributed by atoms with van der Waals surface area (Å²) in [5, 5.41) is 12.8. The average Bonchev–Trinajstić information content (AvgIpc) is 2.94. The van der Waals surface area contributed by atoms with Crippen LogP contribution in [0.1, 0.15) is 12.7 Å². The molecule has 1 unspecified atom stereocenters. The minimum atomic E-state index is -0.0798. The van der Waals surface area contributed by atoms with Crippen molar-refractivity contribution in [3.05, 3.63) is 34.6 Å². The lowest BCUT2D eigenvalue weighted by Crippen LogP contribution is -2.34. The summed E-state index contributed by atoms with van der Waals surface area (Å²) in [4.78, 5) is 16.2. The second kappa shape index (κ2) is 8.87. The Morgan fingerprint density at radius 3 is 2.68 bits per heavy atom. The van der Waals surface area contributed by atoms with E-state index in [9.17, 15) is 4.79 Å². The van der Waals surface area contributed by atoms with Crippen LogP contribution >= 0.6 is 28.3 Å². The molecule has 1 atom stereocenters. The first kappa shape index (κ1) is 18.6. The monoisotopic (exact) mass is 387 g/mol. The summed E-state index contributed by atoms with van der Waals surface area (Å²) in [6, 6.07) is 7.74. The fraction of sp³-hybridized carbons (Fsp3) is 0.357. The van der Waals surface area contributed by atoms with Crippen molar-refractivity contribution in [1.29, 1.82) is 0 Å². The largest absolute Gasteiger partial charge is 0.349 e. The first-order valence-electron chi connectivity index (χ1n) is 6.69. The van der Waals surface area contributed by atoms with Gasteiger partial charge in [-0.15, -0.1) is 12.4 Å². The first-order chi connectivity index (χ1) is 10.1. The molecule has 1 heterocycles. The van der Waals surface area contributed by atoms with Gasteiger partial charge in [0.15, 0.2) is 5.82 Å². The van der Waals surface area contributed by atoms with Crippen molar-refractivity contribution < 1.29 is 4.79 Å². The Balaban J connectivity index is 0.00000242. The molecule has 2 aromatic rings. The van der Waals surface area contributed by atoms with Crippen LogP contribution in [-0.4, -0.2) is 34.7 Å². The van der Waals surface area contributed by atoms with E-state index in [2.05, 4.69) is 41.7 Å². The third kappa shape index (κ3) is 5.08. The lowest BCUT2D eigenvalue weighted by atomic mass is 10.1. The molecule has 0 fully saturated rings. The number of hydrogen-bond donors (Lipinski definition) is 3. The molecule has 1 aromatic carbocycles. The van der Waals surface area contributed by atoms with Gasteiger partial charge in [0.05, 0.1) is 6.54 Å². The fourth-order valence-electron chi connectivity index (χ4n) is 1.85. The summed E-state index contributed by atoms with van der Waals surface area (Å²) < 4.78 is 1.01. The van der Waals surface area contributed by atoms with Crippen molar-refractivity contribution in [2.24, 2.45) is 5.92 Å². The summed E-state index contributed by atoms with van der Waals surface area (Å²) in [5.41, 5.74) is 0.926. The van der Waals surface area contributed by atoms with Crippen LogP contribution in [0, 0.1) is 5.92 Å². The van der Waals surface area contributed by atoms with Gasteiger partial charge in [-0.2, -0.15) is 5.10 Å². The number of aromatic amines is 1. The molecule has 6 nitrogen and oxygen atoms in total. The highest BCUT2D eigenvalue weighted by atomic mass is 79.9. The van der Waals surface area contributed by atoms with Crippen LogP contribution in [0.5, 0.6) is 0 Å². The van der Waals surface area contributed by atoms with E-state index in [1.54, 1.807) is 0 Å². The third-order valence-corrected chi connectivity index (χ3v) is 3.55. The van der Waals surface area contributed by atoms with Crippen molar-refractivity contribution in [1.82, 2.24) is 25.8 Å². The van der Waals surface area contributed by atoms with E-state index in [1.165, 1.54) is 0 Å². The number of carbonyl (C=O) groups excluding carboxylic acids is 1. The smallest absolute Gasteiger partial charge is 0.224 e. The topological polar surface area (TPSA) is 82.7 Å². The van der Waals surface area contributed by atoms with Crippen LogP contribution in [0.3, 0.4) is 0 Å². The molecule has 0 saturated carbocycles. The van der Waals surface area contributed by atoms with Gasteiger partial charge in [0.1, 0.15) is 5.82 Å². The highest BCUT2D eigenvalue weighted by Gasteiger charge is 2.12. The van der Waals surface area contributed by atoms with Crippen LogP contribution in [-0.2, 0) is 11.3 Å². The quantitative estimate of drug-likeness (QED) is 0.708. The van der Waals surface area contributed by atoms with Gasteiger partial charge in [0.25, 0.3) is 0 Å². The maximum Gasteiger partial charge on any atom is 0.224 e. The Bertz CT molecular complexity index is 602. The van der Waals surface area contributed by atoms with Crippen molar-refractivity contribution >= 4 is 34.2 Å². The highest BCUT2D eigenvalue weighted by Crippen LogP contribution is 2.18. The minimum absolute atomic E-state index is 0. The summed E-state index contributed by atoms with van der Waals surface area (Å²) >= 11 is 3.39. The maximum absolute atomic E-state index is 11.8. The molecule has 2 rings (SSSR count). The molecular formula is C14H19BrClN5O. The number of H-pyrrole nitrogens is 1. The molecule has 8 heteroatoms. The Kier molecular flexibility index (Phi) is 7.50. The molecular weight excluding hydrogens is 370 g/mol. The van der Waals surface area contributed by atoms with Crippen molar-refractivity contribution in [2.75, 3.05) is 13.6 Å². The number of rotatable bonds is 6. The zero-order chi connectivity index (χ0) is 15.2. The SMILES string of the molecule is CNCC(C)C(=O)NCc1nc(-c2ccc(Br)cc2)n[nH]1.Cl. The average molecular weight is 389 g/mol. The van der Waals surface area contributed by atoms with Crippen molar-refractivity contribution in [3.63, 3.8) is 0 Å². The van der Waals surface area contributed by atoms with Crippen LogP contribution in [0.4, 0.5) is 0 Å². The molecule has 1 aromatic heterocycles. The second-order valence-electron chi connectivity index (χ2n) is 4.79. The fourth-order valence-corrected chi connectivity index (χ4v) is 2.11. The van der Waals surface area contributed by atoms with Crippen molar-refractivity contribution in [2.45, 2.75) is 13.5 Å². The molecule has 0 saturated heterocycles. The van der Waals surface area contributed by atoms with E-state index >= 15 is 0 Å². The molecule has 0 bridgehead atoms. The summed E-state index contributed by atoms with van der Waals surface area (Å²) in [6.45, 7) is 2.86. The molecule has 0 aliphatic heterocycles. The molecule has 0 aliphatic carbocycles. The van der Waals surface area contributed by atoms with Gasteiger partial charge in [-0.05, 0) is 19.2 Å². The molecule has 120 valence electrons. The van der Waals surface area contributed by atoms with Crippen LogP contribution < -0.4 is 10.6 Å². The van der Waals surface area contributed by atoms with E-state index in [-0.39, 0.29) is 24.2 Å². The number of carbonyl (C=O) groups is 1. The molecule has 0 aliphatic rings. The number of aromatic nitrogens is 3. The molecule has 1 amide bonds. The van der Waals surface area contributed by atoms with Gasteiger partial charge in [0.2, 0.25) is 5.91 Å². The number of hydrogen-bond acceptors (Lipinski definition) is 4. The molecule has 0 radical (unpaired) electrons. The number of nitrogens with zero attached hydrogens (tertiary/aromatic N) is 2. The lowest BCUT2D eigenvalue weighted by molar-refractivity contribution is -0.124. The predicted octanol–water partition coefficient (Wildman–Crippen LogP) is 2.13. The Hall–Kier alpha value is -1.44. The molecule has 22 heavy (non-hydrogen) atoms.